The lowest BCUT2D eigenvalue weighted by atomic mass is 10.0. The van der Waals surface area contributed by atoms with Gasteiger partial charge in [-0.3, -0.25) is 9.78 Å². The minimum Gasteiger partial charge on any atom is -0.366 e. The van der Waals surface area contributed by atoms with Gasteiger partial charge in [0, 0.05) is 17.5 Å². The van der Waals surface area contributed by atoms with Crippen LogP contribution in [0.25, 0.3) is 0 Å². The summed E-state index contributed by atoms with van der Waals surface area (Å²) < 4.78 is 0. The second-order valence-electron chi connectivity index (χ2n) is 3.50. The van der Waals surface area contributed by atoms with Crippen molar-refractivity contribution in [2.24, 2.45) is 5.73 Å². The highest BCUT2D eigenvalue weighted by Crippen LogP contribution is 2.42. The summed E-state index contributed by atoms with van der Waals surface area (Å²) in [6.45, 7) is 1.93. The molecule has 68 valence electrons. The molecule has 1 amide bonds. The zero-order valence-corrected chi connectivity index (χ0v) is 7.58. The first kappa shape index (κ1) is 8.23. The molecule has 1 aliphatic carbocycles. The summed E-state index contributed by atoms with van der Waals surface area (Å²) in [5, 5.41) is 0. The van der Waals surface area contributed by atoms with E-state index in [4.69, 9.17) is 5.73 Å². The van der Waals surface area contributed by atoms with Crippen LogP contribution in [-0.2, 0) is 0 Å². The number of hydrogen-bond donors (Lipinski definition) is 1. The average Bonchev–Trinajstić information content (AvgIpc) is 2.86. The Morgan fingerprint density at radius 3 is 2.85 bits per heavy atom. The fourth-order valence-electron chi connectivity index (χ4n) is 1.68. The number of carbonyl (C=O) groups is 1. The van der Waals surface area contributed by atoms with E-state index in [0.29, 0.717) is 11.5 Å². The van der Waals surface area contributed by atoms with Gasteiger partial charge in [-0.25, -0.2) is 0 Å². The van der Waals surface area contributed by atoms with E-state index >= 15 is 0 Å². The molecule has 1 aliphatic rings. The molecule has 0 bridgehead atoms. The molecule has 0 saturated heterocycles. The Balaban J connectivity index is 2.53. The maximum Gasteiger partial charge on any atom is 0.249 e. The molecule has 1 saturated carbocycles. The van der Waals surface area contributed by atoms with Crippen molar-refractivity contribution in [3.05, 3.63) is 29.1 Å². The number of nitrogens with zero attached hydrogens (tertiary/aromatic N) is 1. The minimum atomic E-state index is -0.340. The third-order valence-corrected chi connectivity index (χ3v) is 2.44. The minimum absolute atomic E-state index is 0.340. The fraction of sp³-hybridized carbons (Fsp3) is 0.400. The Morgan fingerprint density at radius 1 is 1.62 bits per heavy atom. The Morgan fingerprint density at radius 2 is 2.31 bits per heavy atom. The van der Waals surface area contributed by atoms with Gasteiger partial charge in [-0.1, -0.05) is 0 Å². The number of amides is 1. The van der Waals surface area contributed by atoms with E-state index in [1.165, 1.54) is 0 Å². The molecule has 1 aromatic rings. The van der Waals surface area contributed by atoms with Gasteiger partial charge in [0.05, 0.1) is 0 Å². The standard InChI is InChI=1S/C10H12N2O/c1-6-9(7-2-3-7)8(10(11)13)4-5-12-6/h4-5,7H,2-3H2,1H3,(H2,11,13). The van der Waals surface area contributed by atoms with Crippen molar-refractivity contribution >= 4 is 5.91 Å². The van der Waals surface area contributed by atoms with Gasteiger partial charge in [-0.2, -0.15) is 0 Å². The molecule has 0 radical (unpaired) electrons. The quantitative estimate of drug-likeness (QED) is 0.739. The summed E-state index contributed by atoms with van der Waals surface area (Å²) in [6, 6.07) is 1.71. The molecule has 0 aliphatic heterocycles. The van der Waals surface area contributed by atoms with Crippen LogP contribution >= 0.6 is 0 Å². The topological polar surface area (TPSA) is 56.0 Å². The van der Waals surface area contributed by atoms with E-state index in [-0.39, 0.29) is 5.91 Å². The molecule has 0 spiro atoms. The summed E-state index contributed by atoms with van der Waals surface area (Å²) in [5.74, 6) is 0.184. The van der Waals surface area contributed by atoms with Crippen molar-refractivity contribution in [2.45, 2.75) is 25.7 Å². The largest absolute Gasteiger partial charge is 0.366 e. The smallest absolute Gasteiger partial charge is 0.249 e. The van der Waals surface area contributed by atoms with Gasteiger partial charge in [0.15, 0.2) is 0 Å². The van der Waals surface area contributed by atoms with E-state index in [2.05, 4.69) is 4.98 Å². The second-order valence-corrected chi connectivity index (χ2v) is 3.50. The SMILES string of the molecule is Cc1nccc(C(N)=O)c1C1CC1. The van der Waals surface area contributed by atoms with E-state index in [1.807, 2.05) is 6.92 Å². The van der Waals surface area contributed by atoms with E-state index in [1.54, 1.807) is 12.3 Å². The van der Waals surface area contributed by atoms with Crippen LogP contribution in [0.2, 0.25) is 0 Å². The summed E-state index contributed by atoms with van der Waals surface area (Å²) in [4.78, 5) is 15.3. The third-order valence-electron chi connectivity index (χ3n) is 2.44. The zero-order chi connectivity index (χ0) is 9.42. The van der Waals surface area contributed by atoms with Crippen molar-refractivity contribution in [3.63, 3.8) is 0 Å². The fourth-order valence-corrected chi connectivity index (χ4v) is 1.68. The Hall–Kier alpha value is -1.38. The first-order valence-corrected chi connectivity index (χ1v) is 4.45. The average molecular weight is 176 g/mol. The number of aryl methyl sites for hydroxylation is 1. The van der Waals surface area contributed by atoms with Crippen LogP contribution in [0.3, 0.4) is 0 Å². The number of rotatable bonds is 2. The van der Waals surface area contributed by atoms with E-state index in [9.17, 15) is 4.79 Å². The molecule has 13 heavy (non-hydrogen) atoms. The van der Waals surface area contributed by atoms with Gasteiger partial charge < -0.3 is 5.73 Å². The maximum atomic E-state index is 11.1. The van der Waals surface area contributed by atoms with Crippen molar-refractivity contribution in [1.82, 2.24) is 4.98 Å². The molecule has 2 N–H and O–H groups in total. The Bertz CT molecular complexity index is 356. The number of carbonyl (C=O) groups excluding carboxylic acids is 1. The van der Waals surface area contributed by atoms with Crippen LogP contribution in [0, 0.1) is 6.92 Å². The highest BCUT2D eigenvalue weighted by atomic mass is 16.1. The molecule has 3 nitrogen and oxygen atoms in total. The molecule has 1 heterocycles. The van der Waals surface area contributed by atoms with Gasteiger partial charge in [-0.15, -0.1) is 0 Å². The van der Waals surface area contributed by atoms with Gasteiger partial charge >= 0.3 is 0 Å². The molecule has 0 aromatic carbocycles. The zero-order valence-electron chi connectivity index (χ0n) is 7.58. The highest BCUT2D eigenvalue weighted by Gasteiger charge is 2.29. The normalized spacial score (nSPS) is 15.8. The van der Waals surface area contributed by atoms with Crippen LogP contribution in [0.4, 0.5) is 0 Å². The lowest BCUT2D eigenvalue weighted by Crippen LogP contribution is -2.14. The maximum absolute atomic E-state index is 11.1. The van der Waals surface area contributed by atoms with Crippen LogP contribution in [0.15, 0.2) is 12.3 Å². The summed E-state index contributed by atoms with van der Waals surface area (Å²) in [6.07, 6.45) is 3.96. The van der Waals surface area contributed by atoms with Gasteiger partial charge in [0.25, 0.3) is 0 Å². The van der Waals surface area contributed by atoms with Crippen molar-refractivity contribution in [3.8, 4) is 0 Å². The summed E-state index contributed by atoms with van der Waals surface area (Å²) in [5.41, 5.74) is 7.94. The third kappa shape index (κ3) is 1.41. The van der Waals surface area contributed by atoms with E-state index in [0.717, 1.165) is 24.1 Å². The van der Waals surface area contributed by atoms with Gasteiger partial charge in [0.2, 0.25) is 5.91 Å². The molecule has 1 fully saturated rings. The summed E-state index contributed by atoms with van der Waals surface area (Å²) in [7, 11) is 0. The lowest BCUT2D eigenvalue weighted by molar-refractivity contribution is 0.0999. The number of pyridine rings is 1. The summed E-state index contributed by atoms with van der Waals surface area (Å²) >= 11 is 0. The highest BCUT2D eigenvalue weighted by molar-refractivity contribution is 5.94. The predicted molar refractivity (Wildman–Crippen MR) is 49.5 cm³/mol. The molecule has 0 atom stereocenters. The molecule has 0 unspecified atom stereocenters. The monoisotopic (exact) mass is 176 g/mol. The number of nitrogens with two attached hydrogens (primary N) is 1. The van der Waals surface area contributed by atoms with E-state index < -0.39 is 0 Å². The molecule has 3 heteroatoms. The van der Waals surface area contributed by atoms with Crippen LogP contribution < -0.4 is 5.73 Å². The Kier molecular flexibility index (Phi) is 1.79. The molecular weight excluding hydrogens is 164 g/mol. The number of hydrogen-bond acceptors (Lipinski definition) is 2. The van der Waals surface area contributed by atoms with Crippen molar-refractivity contribution in [2.75, 3.05) is 0 Å². The van der Waals surface area contributed by atoms with Crippen LogP contribution in [0.1, 0.15) is 40.4 Å². The first-order valence-electron chi connectivity index (χ1n) is 4.45. The number of aromatic nitrogens is 1. The Labute approximate surface area is 77.0 Å². The molecular formula is C10H12N2O. The molecule has 2 rings (SSSR count). The van der Waals surface area contributed by atoms with Gasteiger partial charge in [-0.05, 0) is 37.3 Å². The van der Waals surface area contributed by atoms with Crippen molar-refractivity contribution in [1.29, 1.82) is 0 Å². The molecule has 1 aromatic heterocycles. The van der Waals surface area contributed by atoms with Crippen LogP contribution in [0.5, 0.6) is 0 Å². The number of primary amides is 1. The predicted octanol–water partition coefficient (Wildman–Crippen LogP) is 1.37. The second kappa shape index (κ2) is 2.83. The lowest BCUT2D eigenvalue weighted by Gasteiger charge is -2.07. The first-order chi connectivity index (χ1) is 6.20. The van der Waals surface area contributed by atoms with Gasteiger partial charge in [0.1, 0.15) is 0 Å². The van der Waals surface area contributed by atoms with Crippen LogP contribution in [-0.4, -0.2) is 10.9 Å². The van der Waals surface area contributed by atoms with Crippen molar-refractivity contribution < 1.29 is 4.79 Å².